The highest BCUT2D eigenvalue weighted by Gasteiger charge is 2.49. The van der Waals surface area contributed by atoms with Crippen LogP contribution in [0.3, 0.4) is 0 Å². The van der Waals surface area contributed by atoms with Crippen LogP contribution in [0.15, 0.2) is 11.1 Å². The lowest BCUT2D eigenvalue weighted by Gasteiger charge is -2.16. The molecule has 0 saturated carbocycles. The number of H-pyrrole nitrogens is 2. The fourth-order valence-corrected chi connectivity index (χ4v) is 2.93. The molecule has 1 fully saturated rings. The molecule has 138 valence electrons. The third kappa shape index (κ3) is 3.43. The molecule has 0 radical (unpaired) electrons. The van der Waals surface area contributed by atoms with E-state index in [1.807, 2.05) is 0 Å². The van der Waals surface area contributed by atoms with Gasteiger partial charge in [-0.15, -0.1) is 0 Å². The van der Waals surface area contributed by atoms with E-state index in [2.05, 4.69) is 15.0 Å². The molecule has 2 aromatic heterocycles. The zero-order valence-electron chi connectivity index (χ0n) is 12.9. The number of rotatable bonds is 5. The number of ether oxygens (including phenoxy) is 3. The SMILES string of the molecule is CO[C@@H]1C(O)[C@@H](OCP(=O)(O)O)O[C@H]1[n+]1c[nH]c2c(=O)[nH]c(N)nc21. The average Bonchev–Trinajstić information content (AvgIpc) is 3.05. The summed E-state index contributed by atoms with van der Waals surface area (Å²) in [5.41, 5.74) is 5.32. The van der Waals surface area contributed by atoms with Gasteiger partial charge in [-0.2, -0.15) is 0 Å². The van der Waals surface area contributed by atoms with Crippen molar-refractivity contribution in [1.29, 1.82) is 0 Å². The average molecular weight is 378 g/mol. The minimum atomic E-state index is -4.45. The Hall–Kier alpha value is -1.86. The molecule has 0 amide bonds. The number of aromatic nitrogens is 4. The molecule has 14 heteroatoms. The van der Waals surface area contributed by atoms with Crippen molar-refractivity contribution in [2.24, 2.45) is 0 Å². The molecular weight excluding hydrogens is 361 g/mol. The van der Waals surface area contributed by atoms with Crippen LogP contribution in [-0.4, -0.2) is 61.8 Å². The van der Waals surface area contributed by atoms with Gasteiger partial charge in [-0.25, -0.2) is 4.57 Å². The van der Waals surface area contributed by atoms with E-state index in [4.69, 9.17) is 29.7 Å². The number of hydrogen-bond donors (Lipinski definition) is 6. The highest BCUT2D eigenvalue weighted by molar-refractivity contribution is 7.51. The fraction of sp³-hybridized carbons (Fsp3) is 0.545. The molecule has 0 spiro atoms. The summed E-state index contributed by atoms with van der Waals surface area (Å²) >= 11 is 0. The first-order valence-corrected chi connectivity index (χ1v) is 8.81. The predicted octanol–water partition coefficient (Wildman–Crippen LogP) is -2.50. The highest BCUT2D eigenvalue weighted by Crippen LogP contribution is 2.37. The van der Waals surface area contributed by atoms with Gasteiger partial charge in [0.25, 0.3) is 11.5 Å². The second-order valence-electron chi connectivity index (χ2n) is 5.38. The molecule has 13 nitrogen and oxygen atoms in total. The quantitative estimate of drug-likeness (QED) is 0.239. The summed E-state index contributed by atoms with van der Waals surface area (Å²) in [6.45, 7) is 0. The van der Waals surface area contributed by atoms with Crippen LogP contribution in [0.25, 0.3) is 11.2 Å². The largest absolute Gasteiger partial charge is 0.385 e. The van der Waals surface area contributed by atoms with Crippen LogP contribution >= 0.6 is 7.60 Å². The second kappa shape index (κ2) is 6.46. The van der Waals surface area contributed by atoms with Gasteiger partial charge in [0, 0.05) is 7.11 Å². The molecule has 3 rings (SSSR count). The van der Waals surface area contributed by atoms with Crippen LogP contribution in [-0.2, 0) is 18.8 Å². The summed E-state index contributed by atoms with van der Waals surface area (Å²) in [4.78, 5) is 38.7. The maximum Gasteiger partial charge on any atom is 0.351 e. The number of aliphatic hydroxyl groups excluding tert-OH is 1. The Bertz CT molecular complexity index is 877. The Labute approximate surface area is 139 Å². The number of hydrogen-bond acceptors (Lipinski definition) is 8. The molecule has 3 heterocycles. The van der Waals surface area contributed by atoms with E-state index in [0.717, 1.165) is 0 Å². The van der Waals surface area contributed by atoms with E-state index in [0.29, 0.717) is 0 Å². The first-order chi connectivity index (χ1) is 11.7. The van der Waals surface area contributed by atoms with Gasteiger partial charge in [-0.3, -0.25) is 19.3 Å². The summed E-state index contributed by atoms with van der Waals surface area (Å²) in [6, 6.07) is 0. The molecule has 0 bridgehead atoms. The first kappa shape index (κ1) is 17.9. The van der Waals surface area contributed by atoms with E-state index < -0.39 is 44.2 Å². The number of imidazole rings is 1. The third-order valence-corrected chi connectivity index (χ3v) is 4.12. The van der Waals surface area contributed by atoms with E-state index in [9.17, 15) is 14.5 Å². The number of aromatic amines is 2. The molecule has 1 aliphatic rings. The van der Waals surface area contributed by atoms with E-state index in [1.54, 1.807) is 0 Å². The van der Waals surface area contributed by atoms with Crippen LogP contribution in [0.1, 0.15) is 6.23 Å². The number of nitrogens with two attached hydrogens (primary N) is 1. The van der Waals surface area contributed by atoms with Crippen molar-refractivity contribution >= 4 is 24.7 Å². The Morgan fingerprint density at radius 2 is 2.24 bits per heavy atom. The summed E-state index contributed by atoms with van der Waals surface area (Å²) in [5, 5.41) is 10.2. The van der Waals surface area contributed by atoms with Crippen LogP contribution in [0, 0.1) is 0 Å². The Balaban J connectivity index is 1.94. The number of anilines is 1. The molecule has 1 saturated heterocycles. The van der Waals surface area contributed by atoms with Gasteiger partial charge in [0.2, 0.25) is 11.7 Å². The van der Waals surface area contributed by atoms with Gasteiger partial charge >= 0.3 is 13.2 Å². The third-order valence-electron chi connectivity index (χ3n) is 3.63. The monoisotopic (exact) mass is 378 g/mol. The fourth-order valence-electron chi connectivity index (χ4n) is 2.59. The zero-order valence-corrected chi connectivity index (χ0v) is 13.8. The van der Waals surface area contributed by atoms with E-state index in [-0.39, 0.29) is 17.1 Å². The summed E-state index contributed by atoms with van der Waals surface area (Å²) in [6.07, 6.45) is -4.17. The first-order valence-electron chi connectivity index (χ1n) is 7.02. The van der Waals surface area contributed by atoms with Crippen molar-refractivity contribution in [3.05, 3.63) is 16.7 Å². The summed E-state index contributed by atoms with van der Waals surface area (Å²) in [5.74, 6) is -0.118. The minimum Gasteiger partial charge on any atom is -0.385 e. The smallest absolute Gasteiger partial charge is 0.351 e. The molecule has 4 atom stereocenters. The highest BCUT2D eigenvalue weighted by atomic mass is 31.2. The second-order valence-corrected chi connectivity index (χ2v) is 6.96. The summed E-state index contributed by atoms with van der Waals surface area (Å²) in [7, 11) is -3.13. The standard InChI is InChI=1S/C11H16N5O8P/c1-22-6-5(17)10(23-3-25(19,20)21)24-9(6)16-2-13-4-7(16)14-11(12)15-8(4)18/h2,5-6,9-10,17H,3H2,1H3,(H5,12,14,15,18,19,20,21)/p+1/t5?,6-,9-,10+/m1/s1. The Kier molecular flexibility index (Phi) is 4.64. The van der Waals surface area contributed by atoms with E-state index in [1.165, 1.54) is 18.0 Å². The number of nitrogens with zero attached hydrogens (tertiary/aromatic N) is 2. The van der Waals surface area contributed by atoms with Crippen LogP contribution in [0.2, 0.25) is 0 Å². The lowest BCUT2D eigenvalue weighted by molar-refractivity contribution is -0.747. The number of aliphatic hydroxyl groups is 1. The molecule has 2 aromatic rings. The van der Waals surface area contributed by atoms with Gasteiger partial charge in [0.15, 0.2) is 19.0 Å². The van der Waals surface area contributed by atoms with Crippen molar-refractivity contribution in [3.63, 3.8) is 0 Å². The molecule has 0 aromatic carbocycles. The molecule has 7 N–H and O–H groups in total. The maximum atomic E-state index is 11.9. The van der Waals surface area contributed by atoms with Crippen molar-refractivity contribution < 1.29 is 38.2 Å². The van der Waals surface area contributed by atoms with Crippen molar-refractivity contribution in [3.8, 4) is 0 Å². The lowest BCUT2D eigenvalue weighted by Crippen LogP contribution is -2.46. The minimum absolute atomic E-state index is 0.118. The molecule has 1 unspecified atom stereocenters. The molecule has 1 aliphatic heterocycles. The van der Waals surface area contributed by atoms with Crippen LogP contribution in [0.5, 0.6) is 0 Å². The summed E-state index contributed by atoms with van der Waals surface area (Å²) < 4.78 is 28.0. The van der Waals surface area contributed by atoms with Crippen LogP contribution < -0.4 is 15.9 Å². The van der Waals surface area contributed by atoms with Gasteiger partial charge in [0.05, 0.1) is 0 Å². The van der Waals surface area contributed by atoms with Crippen molar-refractivity contribution in [1.82, 2.24) is 15.0 Å². The van der Waals surface area contributed by atoms with Crippen molar-refractivity contribution in [2.75, 3.05) is 19.2 Å². The molecular formula is C11H17N5O8P+. The Morgan fingerprint density at radius 3 is 2.88 bits per heavy atom. The lowest BCUT2D eigenvalue weighted by atomic mass is 10.2. The predicted molar refractivity (Wildman–Crippen MR) is 80.0 cm³/mol. The van der Waals surface area contributed by atoms with E-state index >= 15 is 0 Å². The van der Waals surface area contributed by atoms with Gasteiger partial charge < -0.3 is 34.8 Å². The number of fused-ring (bicyclic) bond motifs is 1. The normalized spacial score (nSPS) is 27.2. The number of methoxy groups -OCH3 is 1. The maximum absolute atomic E-state index is 11.9. The zero-order chi connectivity index (χ0) is 18.4. The number of nitrogen functional groups attached to an aromatic ring is 1. The molecule has 0 aliphatic carbocycles. The molecule has 25 heavy (non-hydrogen) atoms. The van der Waals surface area contributed by atoms with Crippen molar-refractivity contribution in [2.45, 2.75) is 24.7 Å². The van der Waals surface area contributed by atoms with Gasteiger partial charge in [-0.05, 0) is 0 Å². The Morgan fingerprint density at radius 1 is 1.52 bits per heavy atom. The van der Waals surface area contributed by atoms with Crippen LogP contribution in [0.4, 0.5) is 5.95 Å². The van der Waals surface area contributed by atoms with Gasteiger partial charge in [-0.1, -0.05) is 4.98 Å². The van der Waals surface area contributed by atoms with Gasteiger partial charge in [0.1, 0.15) is 12.2 Å². The number of nitrogens with one attached hydrogen (secondary N) is 2. The topological polar surface area (TPSA) is 197 Å².